The third-order valence-corrected chi connectivity index (χ3v) is 7.34. The van der Waals surface area contributed by atoms with Crippen LogP contribution in [0.5, 0.6) is 0 Å². The molecular formula is C29H33F3. The zero-order chi connectivity index (χ0) is 22.7. The number of benzene rings is 3. The van der Waals surface area contributed by atoms with Crippen molar-refractivity contribution >= 4 is 10.8 Å². The highest BCUT2D eigenvalue weighted by atomic mass is 19.2. The van der Waals surface area contributed by atoms with Gasteiger partial charge in [0.05, 0.1) is 5.39 Å². The molecule has 0 saturated heterocycles. The maximum atomic E-state index is 14.9. The van der Waals surface area contributed by atoms with Crippen molar-refractivity contribution in [3.63, 3.8) is 0 Å². The third kappa shape index (κ3) is 4.58. The lowest BCUT2D eigenvalue weighted by Gasteiger charge is -2.29. The molecule has 0 heterocycles. The van der Waals surface area contributed by atoms with Crippen LogP contribution in [0.25, 0.3) is 21.9 Å². The minimum absolute atomic E-state index is 0.185. The molecule has 1 fully saturated rings. The second kappa shape index (κ2) is 10.1. The predicted molar refractivity (Wildman–Crippen MR) is 127 cm³/mol. The van der Waals surface area contributed by atoms with Gasteiger partial charge < -0.3 is 0 Å². The standard InChI is InChI=1S/C29H33F3/c1-3-5-6-7-19-8-10-21(11-9-19)22-13-15-23(16-14-22)25-18-24-17-12-20(4-2)27(30)26(24)29(32)28(25)31/h12-19,21H,3-11H2,1-2H3. The van der Waals surface area contributed by atoms with E-state index in [1.54, 1.807) is 25.1 Å². The number of unbranched alkanes of at least 4 members (excludes halogenated alkanes) is 2. The zero-order valence-corrected chi connectivity index (χ0v) is 19.2. The highest BCUT2D eigenvalue weighted by Crippen LogP contribution is 2.39. The fourth-order valence-electron chi connectivity index (χ4n) is 5.31. The minimum atomic E-state index is -1.10. The summed E-state index contributed by atoms with van der Waals surface area (Å²) >= 11 is 0. The Morgan fingerprint density at radius 2 is 1.50 bits per heavy atom. The molecule has 0 nitrogen and oxygen atoms in total. The van der Waals surface area contributed by atoms with Crippen molar-refractivity contribution in [2.45, 2.75) is 77.6 Å². The first-order chi connectivity index (χ1) is 15.5. The smallest absolute Gasteiger partial charge is 0.170 e. The van der Waals surface area contributed by atoms with E-state index in [0.29, 0.717) is 28.9 Å². The number of hydrogen-bond donors (Lipinski definition) is 0. The first-order valence-corrected chi connectivity index (χ1v) is 12.2. The number of rotatable bonds is 7. The highest BCUT2D eigenvalue weighted by molar-refractivity contribution is 5.89. The summed E-state index contributed by atoms with van der Waals surface area (Å²) in [5.74, 6) is -1.33. The molecule has 0 radical (unpaired) electrons. The SMILES string of the molecule is CCCCCC1CCC(c2ccc(-c3cc4ccc(CC)c(F)c4c(F)c3F)cc2)CC1. The summed E-state index contributed by atoms with van der Waals surface area (Å²) in [6.45, 7) is 4.05. The Kier molecular flexibility index (Phi) is 7.23. The van der Waals surface area contributed by atoms with Gasteiger partial charge in [-0.1, -0.05) is 75.9 Å². The van der Waals surface area contributed by atoms with Gasteiger partial charge in [0.1, 0.15) is 5.82 Å². The molecule has 0 bridgehead atoms. The largest absolute Gasteiger partial charge is 0.206 e. The monoisotopic (exact) mass is 438 g/mol. The molecule has 0 unspecified atom stereocenters. The highest BCUT2D eigenvalue weighted by Gasteiger charge is 2.23. The van der Waals surface area contributed by atoms with E-state index in [2.05, 4.69) is 19.1 Å². The fourth-order valence-corrected chi connectivity index (χ4v) is 5.31. The number of aryl methyl sites for hydroxylation is 1. The van der Waals surface area contributed by atoms with E-state index < -0.39 is 17.5 Å². The molecule has 0 spiro atoms. The third-order valence-electron chi connectivity index (χ3n) is 7.34. The Labute approximate surface area is 189 Å². The molecule has 0 aromatic heterocycles. The summed E-state index contributed by atoms with van der Waals surface area (Å²) in [6, 6.07) is 12.8. The molecule has 0 atom stereocenters. The summed E-state index contributed by atoms with van der Waals surface area (Å²) in [4.78, 5) is 0. The molecule has 0 aliphatic heterocycles. The molecule has 3 aromatic rings. The maximum Gasteiger partial charge on any atom is 0.170 e. The average molecular weight is 439 g/mol. The summed E-state index contributed by atoms with van der Waals surface area (Å²) in [5.41, 5.74) is 2.49. The van der Waals surface area contributed by atoms with Gasteiger partial charge in [0, 0.05) is 5.56 Å². The van der Waals surface area contributed by atoms with E-state index in [0.717, 1.165) is 5.92 Å². The van der Waals surface area contributed by atoms with E-state index in [1.165, 1.54) is 56.9 Å². The number of halogens is 3. The summed E-state index contributed by atoms with van der Waals surface area (Å²) in [6.07, 6.45) is 10.7. The second-order valence-corrected chi connectivity index (χ2v) is 9.38. The van der Waals surface area contributed by atoms with Crippen LogP contribution in [0.4, 0.5) is 13.2 Å². The molecule has 0 N–H and O–H groups in total. The Bertz CT molecular complexity index is 1060. The molecule has 1 aliphatic rings. The second-order valence-electron chi connectivity index (χ2n) is 9.38. The van der Waals surface area contributed by atoms with E-state index in [-0.39, 0.29) is 10.9 Å². The van der Waals surface area contributed by atoms with Crippen molar-refractivity contribution in [1.82, 2.24) is 0 Å². The van der Waals surface area contributed by atoms with Crippen LogP contribution in [0.15, 0.2) is 42.5 Å². The fraction of sp³-hybridized carbons (Fsp3) is 0.448. The van der Waals surface area contributed by atoms with Crippen LogP contribution in [0, 0.1) is 23.4 Å². The van der Waals surface area contributed by atoms with E-state index in [4.69, 9.17) is 0 Å². The quantitative estimate of drug-likeness (QED) is 0.322. The lowest BCUT2D eigenvalue weighted by atomic mass is 9.77. The normalized spacial score (nSPS) is 18.9. The van der Waals surface area contributed by atoms with Crippen LogP contribution in [-0.2, 0) is 6.42 Å². The van der Waals surface area contributed by atoms with Crippen LogP contribution in [0.1, 0.15) is 82.3 Å². The average Bonchev–Trinajstić information content (AvgIpc) is 2.82. The number of hydrogen-bond acceptors (Lipinski definition) is 0. The predicted octanol–water partition coefficient (Wildman–Crippen LogP) is 9.34. The van der Waals surface area contributed by atoms with Crippen molar-refractivity contribution in [2.75, 3.05) is 0 Å². The van der Waals surface area contributed by atoms with Gasteiger partial charge in [-0.3, -0.25) is 0 Å². The van der Waals surface area contributed by atoms with Crippen LogP contribution in [0.3, 0.4) is 0 Å². The Morgan fingerprint density at radius 3 is 2.16 bits per heavy atom. The molecule has 170 valence electrons. The molecule has 0 amide bonds. The minimum Gasteiger partial charge on any atom is -0.206 e. The van der Waals surface area contributed by atoms with Crippen LogP contribution < -0.4 is 0 Å². The Hall–Kier alpha value is -2.29. The Balaban J connectivity index is 1.53. The number of fused-ring (bicyclic) bond motifs is 1. The van der Waals surface area contributed by atoms with Crippen LogP contribution >= 0.6 is 0 Å². The van der Waals surface area contributed by atoms with Gasteiger partial charge in [0.2, 0.25) is 0 Å². The van der Waals surface area contributed by atoms with Gasteiger partial charge >= 0.3 is 0 Å². The lowest BCUT2D eigenvalue weighted by molar-refractivity contribution is 0.303. The van der Waals surface area contributed by atoms with E-state index >= 15 is 0 Å². The summed E-state index contributed by atoms with van der Waals surface area (Å²) < 4.78 is 44.4. The van der Waals surface area contributed by atoms with E-state index in [9.17, 15) is 13.2 Å². The first kappa shape index (κ1) is 22.9. The molecule has 32 heavy (non-hydrogen) atoms. The van der Waals surface area contributed by atoms with Crippen LogP contribution in [-0.4, -0.2) is 0 Å². The van der Waals surface area contributed by atoms with E-state index in [1.807, 2.05) is 12.1 Å². The van der Waals surface area contributed by atoms with Crippen molar-refractivity contribution in [3.8, 4) is 11.1 Å². The zero-order valence-electron chi connectivity index (χ0n) is 19.2. The van der Waals surface area contributed by atoms with Gasteiger partial charge in [-0.05, 0) is 72.1 Å². The molecule has 1 saturated carbocycles. The molecular weight excluding hydrogens is 405 g/mol. The lowest BCUT2D eigenvalue weighted by Crippen LogP contribution is -2.13. The molecule has 4 rings (SSSR count). The molecule has 1 aliphatic carbocycles. The first-order valence-electron chi connectivity index (χ1n) is 12.2. The Morgan fingerprint density at radius 1 is 0.781 bits per heavy atom. The summed E-state index contributed by atoms with van der Waals surface area (Å²) in [5, 5.41) is 0.136. The van der Waals surface area contributed by atoms with Gasteiger partial charge in [-0.25, -0.2) is 13.2 Å². The van der Waals surface area contributed by atoms with Gasteiger partial charge in [-0.2, -0.15) is 0 Å². The topological polar surface area (TPSA) is 0 Å². The molecule has 3 aromatic carbocycles. The van der Waals surface area contributed by atoms with Crippen LogP contribution in [0.2, 0.25) is 0 Å². The van der Waals surface area contributed by atoms with Crippen molar-refractivity contribution in [3.05, 3.63) is 71.0 Å². The summed E-state index contributed by atoms with van der Waals surface area (Å²) in [7, 11) is 0. The van der Waals surface area contributed by atoms with Crippen molar-refractivity contribution in [2.24, 2.45) is 5.92 Å². The maximum absolute atomic E-state index is 14.9. The van der Waals surface area contributed by atoms with Crippen molar-refractivity contribution in [1.29, 1.82) is 0 Å². The van der Waals surface area contributed by atoms with Crippen molar-refractivity contribution < 1.29 is 13.2 Å². The van der Waals surface area contributed by atoms with Gasteiger partial charge in [0.15, 0.2) is 11.6 Å². The van der Waals surface area contributed by atoms with Gasteiger partial charge in [0.25, 0.3) is 0 Å². The van der Waals surface area contributed by atoms with Gasteiger partial charge in [-0.15, -0.1) is 0 Å². The molecule has 3 heteroatoms.